The zero-order chi connectivity index (χ0) is 27.2. The molecule has 1 aliphatic rings. The Kier molecular flexibility index (Phi) is 7.50. The van der Waals surface area contributed by atoms with Crippen LogP contribution < -0.4 is 31.5 Å². The van der Waals surface area contributed by atoms with E-state index in [4.69, 9.17) is 10.6 Å². The summed E-state index contributed by atoms with van der Waals surface area (Å²) in [6, 6.07) is 19.1. The number of carbonyl (C=O) groups excluding carboxylic acids is 1. The molecule has 0 radical (unpaired) electrons. The third kappa shape index (κ3) is 6.39. The van der Waals surface area contributed by atoms with E-state index in [-0.39, 0.29) is 11.8 Å². The number of nitrogens with two attached hydrogens (primary N) is 1. The predicted molar refractivity (Wildman–Crippen MR) is 149 cm³/mol. The highest BCUT2D eigenvalue weighted by molar-refractivity contribution is 5.73. The van der Waals surface area contributed by atoms with Crippen LogP contribution in [0.25, 0.3) is 0 Å². The number of hydrogen-bond donors (Lipinski definition) is 4. The molecule has 0 bridgehead atoms. The third-order valence-corrected chi connectivity index (χ3v) is 6.52. The minimum absolute atomic E-state index is 0.173. The Morgan fingerprint density at radius 1 is 0.949 bits per heavy atom. The smallest absolute Gasteiger partial charge is 0.239 e. The zero-order valence-corrected chi connectivity index (χ0v) is 21.4. The molecule has 2 aromatic heterocycles. The van der Waals surface area contributed by atoms with Crippen LogP contribution in [0.3, 0.4) is 0 Å². The van der Waals surface area contributed by atoms with Crippen LogP contribution >= 0.6 is 0 Å². The summed E-state index contributed by atoms with van der Waals surface area (Å²) in [6.45, 7) is 3.23. The Hall–Kier alpha value is -4.77. The molecule has 0 saturated carbocycles. The molecule has 10 nitrogen and oxygen atoms in total. The van der Waals surface area contributed by atoms with Crippen molar-refractivity contribution in [2.45, 2.75) is 25.4 Å². The number of ether oxygens (including phenoxy) is 1. The average molecular weight is 529 g/mol. The zero-order valence-electron chi connectivity index (χ0n) is 21.4. The van der Waals surface area contributed by atoms with Gasteiger partial charge in [0.15, 0.2) is 17.9 Å². The highest BCUT2D eigenvalue weighted by atomic mass is 19.1. The number of hydrogen-bond acceptors (Lipinski definition) is 10. The molecule has 0 amide bonds. The molecule has 2 aromatic carbocycles. The van der Waals surface area contributed by atoms with Gasteiger partial charge in [-0.3, -0.25) is 15.2 Å². The number of rotatable bonds is 9. The van der Waals surface area contributed by atoms with Crippen molar-refractivity contribution in [2.75, 3.05) is 34.0 Å². The maximum atomic E-state index is 14.3. The molecule has 1 fully saturated rings. The minimum atomic E-state index is -0.482. The van der Waals surface area contributed by atoms with E-state index in [1.807, 2.05) is 53.4 Å². The van der Waals surface area contributed by atoms with E-state index in [0.717, 1.165) is 34.7 Å². The largest absolute Gasteiger partial charge is 0.487 e. The number of benzene rings is 2. The van der Waals surface area contributed by atoms with Gasteiger partial charge in [-0.2, -0.15) is 4.98 Å². The fourth-order valence-electron chi connectivity index (χ4n) is 4.42. The van der Waals surface area contributed by atoms with Gasteiger partial charge < -0.3 is 20.3 Å². The van der Waals surface area contributed by atoms with Crippen LogP contribution in [0.5, 0.6) is 5.75 Å². The van der Waals surface area contributed by atoms with E-state index in [9.17, 15) is 9.18 Å². The molecule has 0 spiro atoms. The summed E-state index contributed by atoms with van der Waals surface area (Å²) in [5, 5.41) is 6.71. The summed E-state index contributed by atoms with van der Waals surface area (Å²) in [7, 11) is 0. The van der Waals surface area contributed by atoms with Gasteiger partial charge in [-0.05, 0) is 49.4 Å². The highest BCUT2D eigenvalue weighted by Gasteiger charge is 2.33. The number of nitrogen functional groups attached to an aromatic ring is 1. The first-order chi connectivity index (χ1) is 18.9. The standard InChI is InChI=1S/C28H29FN8O2/c1-28(10-12-37(13-11-28)26-25(29)17-32-27(35-26)36-30)39-24-7-3-6-21(15-24)33-19-4-2-5-20(14-19)34-22-8-9-23(18-38)31-16-22/h2-9,14-18,33-34H,10-13,30H2,1H3,(H,32,35,36). The van der Waals surface area contributed by atoms with Crippen molar-refractivity contribution in [1.82, 2.24) is 15.0 Å². The number of aromatic nitrogens is 3. The van der Waals surface area contributed by atoms with Crippen molar-refractivity contribution in [3.63, 3.8) is 0 Å². The van der Waals surface area contributed by atoms with E-state index in [1.165, 1.54) is 0 Å². The SMILES string of the molecule is CC1(Oc2cccc(Nc3cccc(Nc4ccc(C=O)nc4)c3)c2)CCN(c2nc(NN)ncc2F)CC1. The van der Waals surface area contributed by atoms with E-state index in [1.54, 1.807) is 18.3 Å². The second-order valence-corrected chi connectivity index (χ2v) is 9.50. The van der Waals surface area contributed by atoms with Crippen molar-refractivity contribution >= 4 is 40.8 Å². The van der Waals surface area contributed by atoms with Crippen LogP contribution in [0.2, 0.25) is 0 Å². The molecular formula is C28H29FN8O2. The first-order valence-electron chi connectivity index (χ1n) is 12.5. The maximum absolute atomic E-state index is 14.3. The lowest BCUT2D eigenvalue weighted by molar-refractivity contribution is 0.0619. The molecular weight excluding hydrogens is 499 g/mol. The molecule has 4 aromatic rings. The fraction of sp³-hybridized carbons (Fsp3) is 0.214. The second kappa shape index (κ2) is 11.3. The van der Waals surface area contributed by atoms with Gasteiger partial charge in [0.2, 0.25) is 5.95 Å². The van der Waals surface area contributed by atoms with Gasteiger partial charge in [-0.15, -0.1) is 0 Å². The molecule has 0 atom stereocenters. The van der Waals surface area contributed by atoms with E-state index in [2.05, 4.69) is 37.9 Å². The van der Waals surface area contributed by atoms with E-state index < -0.39 is 11.4 Å². The molecule has 5 N–H and O–H groups in total. The number of carbonyl (C=O) groups is 1. The first-order valence-corrected chi connectivity index (χ1v) is 12.5. The van der Waals surface area contributed by atoms with Crippen LogP contribution in [0.15, 0.2) is 73.1 Å². The minimum Gasteiger partial charge on any atom is -0.487 e. The summed E-state index contributed by atoms with van der Waals surface area (Å²) < 4.78 is 20.8. The number of piperidine rings is 1. The van der Waals surface area contributed by atoms with Crippen molar-refractivity contribution in [2.24, 2.45) is 5.84 Å². The van der Waals surface area contributed by atoms with E-state index >= 15 is 0 Å². The molecule has 200 valence electrons. The van der Waals surface area contributed by atoms with Gasteiger partial charge in [0.05, 0.1) is 18.1 Å². The number of pyridine rings is 1. The number of aldehydes is 1. The molecule has 39 heavy (non-hydrogen) atoms. The maximum Gasteiger partial charge on any atom is 0.239 e. The Balaban J connectivity index is 1.21. The van der Waals surface area contributed by atoms with Crippen molar-refractivity contribution in [3.8, 4) is 5.75 Å². The molecule has 11 heteroatoms. The van der Waals surface area contributed by atoms with Crippen molar-refractivity contribution < 1.29 is 13.9 Å². The Bertz CT molecular complexity index is 1440. The number of nitrogens with one attached hydrogen (secondary N) is 3. The van der Waals surface area contributed by atoms with Gasteiger partial charge in [0.25, 0.3) is 0 Å². The van der Waals surface area contributed by atoms with Crippen molar-refractivity contribution in [1.29, 1.82) is 0 Å². The lowest BCUT2D eigenvalue weighted by Crippen LogP contribution is -2.46. The van der Waals surface area contributed by atoms with Gasteiger partial charge in [0.1, 0.15) is 17.0 Å². The summed E-state index contributed by atoms with van der Waals surface area (Å²) >= 11 is 0. The highest BCUT2D eigenvalue weighted by Crippen LogP contribution is 2.33. The van der Waals surface area contributed by atoms with Crippen LogP contribution in [0, 0.1) is 5.82 Å². The fourth-order valence-corrected chi connectivity index (χ4v) is 4.42. The summed E-state index contributed by atoms with van der Waals surface area (Å²) in [5.41, 5.74) is 5.77. The van der Waals surface area contributed by atoms with Crippen LogP contribution in [-0.4, -0.2) is 39.9 Å². The number of halogens is 1. The lowest BCUT2D eigenvalue weighted by atomic mass is 9.93. The van der Waals surface area contributed by atoms with Crippen LogP contribution in [0.1, 0.15) is 30.3 Å². The number of anilines is 6. The third-order valence-electron chi connectivity index (χ3n) is 6.52. The summed E-state index contributed by atoms with van der Waals surface area (Å²) in [5.74, 6) is 6.05. The molecule has 0 aliphatic carbocycles. The monoisotopic (exact) mass is 528 g/mol. The van der Waals surface area contributed by atoms with Crippen LogP contribution in [-0.2, 0) is 0 Å². The summed E-state index contributed by atoms with van der Waals surface area (Å²) in [4.78, 5) is 24.8. The quantitative estimate of drug-likeness (QED) is 0.133. The number of nitrogens with zero attached hydrogens (tertiary/aromatic N) is 4. The topological polar surface area (TPSA) is 130 Å². The Morgan fingerprint density at radius 3 is 2.31 bits per heavy atom. The summed E-state index contributed by atoms with van der Waals surface area (Å²) in [6.07, 6.45) is 4.84. The van der Waals surface area contributed by atoms with Crippen molar-refractivity contribution in [3.05, 3.63) is 84.6 Å². The first kappa shape index (κ1) is 25.9. The normalized spacial score (nSPS) is 14.4. The average Bonchev–Trinajstić information content (AvgIpc) is 2.95. The van der Waals surface area contributed by atoms with E-state index in [0.29, 0.717) is 37.9 Å². The molecule has 5 rings (SSSR count). The molecule has 3 heterocycles. The molecule has 1 aliphatic heterocycles. The second-order valence-electron chi connectivity index (χ2n) is 9.50. The molecule has 1 saturated heterocycles. The van der Waals surface area contributed by atoms with Gasteiger partial charge in [0, 0.05) is 49.1 Å². The van der Waals surface area contributed by atoms with Gasteiger partial charge >= 0.3 is 0 Å². The Labute approximate surface area is 225 Å². The van der Waals surface area contributed by atoms with Crippen LogP contribution in [0.4, 0.5) is 38.9 Å². The molecule has 0 unspecified atom stereocenters. The van der Waals surface area contributed by atoms with Gasteiger partial charge in [-0.1, -0.05) is 12.1 Å². The number of hydrazine groups is 1. The lowest BCUT2D eigenvalue weighted by Gasteiger charge is -2.40. The Morgan fingerprint density at radius 2 is 1.64 bits per heavy atom. The van der Waals surface area contributed by atoms with Gasteiger partial charge in [-0.25, -0.2) is 15.2 Å². The predicted octanol–water partition coefficient (Wildman–Crippen LogP) is 5.03.